The summed E-state index contributed by atoms with van der Waals surface area (Å²) in [5, 5.41) is 29.6. The number of nitrogens with one attached hydrogen (secondary N) is 2. The predicted octanol–water partition coefficient (Wildman–Crippen LogP) is 5.94. The van der Waals surface area contributed by atoms with Crippen LogP contribution in [-0.4, -0.2) is 126 Å². The van der Waals surface area contributed by atoms with Crippen molar-refractivity contribution in [1.29, 1.82) is 0 Å². The van der Waals surface area contributed by atoms with Gasteiger partial charge in [-0.25, -0.2) is 28.3 Å². The normalized spacial score (nSPS) is 15.2. The fraction of sp³-hybridized carbons (Fsp3) is 0.458. The molecule has 4 aliphatic heterocycles. The van der Waals surface area contributed by atoms with Gasteiger partial charge in [-0.2, -0.15) is 0 Å². The molecule has 6 aromatic rings. The number of halogens is 2. The largest absolute Gasteiger partial charge is 0.493 e. The Morgan fingerprint density at radius 2 is 1.25 bits per heavy atom. The van der Waals surface area contributed by atoms with Gasteiger partial charge < -0.3 is 35.0 Å². The summed E-state index contributed by atoms with van der Waals surface area (Å²) >= 11 is 0. The van der Waals surface area contributed by atoms with Crippen LogP contribution in [0.3, 0.4) is 0 Å². The highest BCUT2D eigenvalue weighted by Gasteiger charge is 2.28. The van der Waals surface area contributed by atoms with Gasteiger partial charge in [-0.3, -0.25) is 8.80 Å². The van der Waals surface area contributed by atoms with Gasteiger partial charge in [0, 0.05) is 107 Å². The first-order chi connectivity index (χ1) is 32.3. The third-order valence-electron chi connectivity index (χ3n) is 12.6. The molecule has 4 aliphatic rings. The van der Waals surface area contributed by atoms with Crippen LogP contribution < -0.4 is 20.1 Å². The van der Waals surface area contributed by atoms with E-state index < -0.39 is 0 Å². The zero-order valence-electron chi connectivity index (χ0n) is 37.6. The molecular weight excluding hydrogens is 863 g/mol. The number of aliphatic hydroxyl groups is 1. The molecule has 0 atom stereocenters. The van der Waals surface area contributed by atoms with E-state index in [-0.39, 0.29) is 37.0 Å². The van der Waals surface area contributed by atoms with Gasteiger partial charge >= 0.3 is 12.1 Å². The number of nitrogens with zero attached hydrogens (tertiary/aromatic N) is 10. The topological polar surface area (TPSA) is 190 Å². The van der Waals surface area contributed by atoms with E-state index in [0.717, 1.165) is 101 Å². The first-order valence-corrected chi connectivity index (χ1v) is 22.7. The lowest BCUT2D eigenvalue weighted by Gasteiger charge is -2.32. The Bertz CT molecular complexity index is 2720. The number of amides is 4. The van der Waals surface area contributed by atoms with E-state index in [0.29, 0.717) is 89.3 Å². The molecule has 19 heteroatoms. The molecule has 0 unspecified atom stereocenters. The average molecular weight is 923 g/mol. The first-order valence-electron chi connectivity index (χ1n) is 22.7. The summed E-state index contributed by atoms with van der Waals surface area (Å²) in [6.45, 7) is 8.88. The van der Waals surface area contributed by atoms with Crippen LogP contribution in [0.25, 0.3) is 16.9 Å². The van der Waals surface area contributed by atoms with E-state index in [1.165, 1.54) is 12.1 Å². The van der Waals surface area contributed by atoms with Gasteiger partial charge in [0.25, 0.3) is 0 Å². The van der Waals surface area contributed by atoms with Crippen LogP contribution in [0.1, 0.15) is 91.5 Å². The van der Waals surface area contributed by atoms with Crippen LogP contribution in [-0.2, 0) is 38.5 Å². The molecule has 4 aromatic heterocycles. The number of likely N-dealkylation sites (tertiary alicyclic amines) is 1. The van der Waals surface area contributed by atoms with Crippen LogP contribution in [0.4, 0.5) is 18.4 Å². The van der Waals surface area contributed by atoms with E-state index in [9.17, 15) is 18.4 Å². The lowest BCUT2D eigenvalue weighted by molar-refractivity contribution is 0.182. The standard InChI is InChI=1S/C23H27FN6O2.C23H25FN6O2.CH4O.CH4/c2*1-2-25-23(31)29-10-7-15(8-11-29)18-13-26-21(30-14-27-28-22(18)30)6-3-16-17-9-12-32-20(17)5-4-19(16)24;1-2;/h4-5,13-15H,2-3,6-12H2,1H3,(H,25,31);4-5,7,13-14H,2-3,6,8-12H2,1H3,(H,25,31);2H,1H3;1H4. The minimum absolute atomic E-state index is 0. The number of fused-ring (bicyclic) bond motifs is 4. The summed E-state index contributed by atoms with van der Waals surface area (Å²) in [4.78, 5) is 37.2. The van der Waals surface area contributed by atoms with Crippen LogP contribution in [0.5, 0.6) is 11.5 Å². The molecule has 0 aliphatic carbocycles. The molecule has 2 aromatic carbocycles. The van der Waals surface area contributed by atoms with Crippen molar-refractivity contribution in [1.82, 2.24) is 59.6 Å². The van der Waals surface area contributed by atoms with Gasteiger partial charge in [0.15, 0.2) is 11.3 Å². The Hall–Kier alpha value is -6.76. The highest BCUT2D eigenvalue weighted by molar-refractivity contribution is 5.79. The van der Waals surface area contributed by atoms with Crippen LogP contribution in [0.15, 0.2) is 55.4 Å². The molecule has 3 N–H and O–H groups in total. The number of carbonyl (C=O) groups is 2. The Labute approximate surface area is 388 Å². The average Bonchev–Trinajstić information content (AvgIpc) is 4.20. The van der Waals surface area contributed by atoms with Crippen molar-refractivity contribution in [2.45, 2.75) is 85.0 Å². The Morgan fingerprint density at radius 1 is 0.716 bits per heavy atom. The van der Waals surface area contributed by atoms with Crippen molar-refractivity contribution in [2.75, 3.05) is 59.6 Å². The van der Waals surface area contributed by atoms with Crippen molar-refractivity contribution in [3.05, 3.63) is 112 Å². The Balaban J connectivity index is 0.000000189. The van der Waals surface area contributed by atoms with Crippen molar-refractivity contribution in [2.24, 2.45) is 0 Å². The van der Waals surface area contributed by atoms with Crippen LogP contribution in [0, 0.1) is 11.6 Å². The van der Waals surface area contributed by atoms with Crippen LogP contribution in [0.2, 0.25) is 0 Å². The number of benzene rings is 2. The molecule has 67 heavy (non-hydrogen) atoms. The van der Waals surface area contributed by atoms with E-state index in [2.05, 4.69) is 36.0 Å². The van der Waals surface area contributed by atoms with E-state index in [1.807, 2.05) is 46.0 Å². The molecule has 0 radical (unpaired) electrons. The third-order valence-corrected chi connectivity index (χ3v) is 12.6. The minimum Gasteiger partial charge on any atom is -0.493 e. The molecule has 1 saturated heterocycles. The maximum absolute atomic E-state index is 14.5. The van der Waals surface area contributed by atoms with Gasteiger partial charge in [0.2, 0.25) is 0 Å². The number of aromatic nitrogens is 8. The highest BCUT2D eigenvalue weighted by Crippen LogP contribution is 2.34. The van der Waals surface area contributed by atoms with E-state index in [1.54, 1.807) is 29.7 Å². The molecule has 4 amide bonds. The van der Waals surface area contributed by atoms with Gasteiger partial charge in [-0.15, -0.1) is 20.4 Å². The number of aryl methyl sites for hydroxylation is 2. The zero-order chi connectivity index (χ0) is 46.2. The molecular formula is C48H60F2N12O5. The molecule has 0 spiro atoms. The fourth-order valence-electron chi connectivity index (χ4n) is 9.30. The smallest absolute Gasteiger partial charge is 0.317 e. The predicted molar refractivity (Wildman–Crippen MR) is 248 cm³/mol. The molecule has 17 nitrogen and oxygen atoms in total. The van der Waals surface area contributed by atoms with Crippen molar-refractivity contribution in [3.63, 3.8) is 0 Å². The fourth-order valence-corrected chi connectivity index (χ4v) is 9.30. The molecule has 1 fully saturated rings. The first kappa shape index (κ1) is 48.2. The number of carbonyl (C=O) groups excluding carboxylic acids is 2. The van der Waals surface area contributed by atoms with Crippen molar-refractivity contribution < 1.29 is 33.0 Å². The monoisotopic (exact) mass is 922 g/mol. The number of piperidine rings is 1. The molecule has 8 heterocycles. The van der Waals surface area contributed by atoms with Crippen LogP contribution >= 0.6 is 0 Å². The maximum atomic E-state index is 14.5. The number of rotatable bonds is 10. The minimum atomic E-state index is -0.199. The number of ether oxygens (including phenoxy) is 2. The number of aliphatic hydroxyl groups excluding tert-OH is 1. The number of hydrogen-bond acceptors (Lipinski definition) is 11. The second-order valence-electron chi connectivity index (χ2n) is 16.3. The SMILES string of the molecule is C.CCNC(=O)N1CC=C(c2cnc(CCc3c(F)ccc4c3CCO4)n3cnnc23)CC1.CCNC(=O)N1CCC(c2cnc(CCc3c(F)ccc4c3CCO4)n3cnnc23)CC1.CO. The summed E-state index contributed by atoms with van der Waals surface area (Å²) < 4.78 is 44.0. The number of hydrogen-bond donors (Lipinski definition) is 3. The van der Waals surface area contributed by atoms with E-state index >= 15 is 0 Å². The maximum Gasteiger partial charge on any atom is 0.317 e. The van der Waals surface area contributed by atoms with Gasteiger partial charge in [0.05, 0.1) is 13.2 Å². The Morgan fingerprint density at radius 3 is 1.81 bits per heavy atom. The Kier molecular flexibility index (Phi) is 15.9. The molecule has 10 rings (SSSR count). The summed E-state index contributed by atoms with van der Waals surface area (Å²) in [6.07, 6.45) is 15.2. The van der Waals surface area contributed by atoms with Gasteiger partial charge in [-0.1, -0.05) is 13.5 Å². The summed E-state index contributed by atoms with van der Waals surface area (Å²) in [5.41, 5.74) is 7.96. The second-order valence-corrected chi connectivity index (χ2v) is 16.3. The summed E-state index contributed by atoms with van der Waals surface area (Å²) in [5.74, 6) is 3.05. The summed E-state index contributed by atoms with van der Waals surface area (Å²) in [7, 11) is 1.00. The molecule has 356 valence electrons. The lowest BCUT2D eigenvalue weighted by Crippen LogP contribution is -2.44. The molecule has 0 bridgehead atoms. The number of urea groups is 2. The second kappa shape index (κ2) is 22.2. The quantitative estimate of drug-likeness (QED) is 0.148. The third kappa shape index (κ3) is 10.3. The van der Waals surface area contributed by atoms with Gasteiger partial charge in [-0.05, 0) is 92.8 Å². The van der Waals surface area contributed by atoms with Crippen molar-refractivity contribution >= 4 is 28.9 Å². The zero-order valence-corrected chi connectivity index (χ0v) is 37.6. The highest BCUT2D eigenvalue weighted by atomic mass is 19.1. The summed E-state index contributed by atoms with van der Waals surface area (Å²) in [6, 6.07) is 6.33. The van der Waals surface area contributed by atoms with Crippen molar-refractivity contribution in [3.8, 4) is 11.5 Å². The lowest BCUT2D eigenvalue weighted by atomic mass is 9.91. The van der Waals surface area contributed by atoms with E-state index in [4.69, 9.17) is 19.6 Å². The molecule has 0 saturated carbocycles. The van der Waals surface area contributed by atoms with Gasteiger partial charge in [0.1, 0.15) is 47.4 Å².